The molecule has 1 atom stereocenters. The molecule has 2 heterocycles. The fourth-order valence-electron chi connectivity index (χ4n) is 2.17. The zero-order valence-corrected chi connectivity index (χ0v) is 10.2. The Morgan fingerprint density at radius 1 is 1.60 bits per heavy atom. The molecule has 0 radical (unpaired) electrons. The lowest BCUT2D eigenvalue weighted by Gasteiger charge is -2.34. The van der Waals surface area contributed by atoms with Gasteiger partial charge in [0.1, 0.15) is 0 Å². The summed E-state index contributed by atoms with van der Waals surface area (Å²) in [5, 5.41) is 11.4. The normalized spacial score (nSPS) is 26.7. The van der Waals surface area contributed by atoms with Crippen molar-refractivity contribution in [2.45, 2.75) is 26.3 Å². The van der Waals surface area contributed by atoms with E-state index in [1.807, 2.05) is 0 Å². The van der Waals surface area contributed by atoms with Crippen LogP contribution in [0.15, 0.2) is 16.8 Å². The van der Waals surface area contributed by atoms with Crippen molar-refractivity contribution in [3.8, 4) is 0 Å². The molecule has 1 unspecified atom stereocenters. The average molecular weight is 224 g/mol. The smallest absolute Gasteiger partial charge is 0.0213 e. The number of hydrogen-bond acceptors (Lipinski definition) is 3. The van der Waals surface area contributed by atoms with E-state index >= 15 is 0 Å². The summed E-state index contributed by atoms with van der Waals surface area (Å²) in [6.07, 6.45) is 2.66. The van der Waals surface area contributed by atoms with E-state index in [4.69, 9.17) is 0 Å². The average Bonchev–Trinajstić information content (AvgIpc) is 2.71. The second-order valence-corrected chi connectivity index (χ2v) is 5.61. The molecule has 2 nitrogen and oxygen atoms in total. The van der Waals surface area contributed by atoms with Crippen LogP contribution in [0.1, 0.15) is 25.3 Å². The number of piperidine rings is 1. The van der Waals surface area contributed by atoms with E-state index in [-0.39, 0.29) is 0 Å². The molecule has 84 valence electrons. The van der Waals surface area contributed by atoms with Crippen LogP contribution in [0.2, 0.25) is 0 Å². The van der Waals surface area contributed by atoms with Gasteiger partial charge in [-0.05, 0) is 47.2 Å². The quantitative estimate of drug-likeness (QED) is 0.819. The van der Waals surface area contributed by atoms with E-state index in [2.05, 4.69) is 34.4 Å². The molecule has 1 aromatic heterocycles. The molecule has 0 bridgehead atoms. The third-order valence-electron chi connectivity index (χ3n) is 3.15. The molecule has 1 aromatic rings. The van der Waals surface area contributed by atoms with Gasteiger partial charge in [-0.25, -0.2) is 0 Å². The predicted molar refractivity (Wildman–Crippen MR) is 66.2 cm³/mol. The van der Waals surface area contributed by atoms with Crippen LogP contribution in [-0.2, 0) is 6.54 Å². The van der Waals surface area contributed by atoms with Crippen molar-refractivity contribution < 1.29 is 0 Å². The number of nitrogens with one attached hydrogen (secondary N) is 2. The summed E-state index contributed by atoms with van der Waals surface area (Å²) < 4.78 is 0. The van der Waals surface area contributed by atoms with E-state index in [9.17, 15) is 0 Å². The van der Waals surface area contributed by atoms with Crippen LogP contribution in [0.25, 0.3) is 0 Å². The molecule has 2 rings (SSSR count). The molecule has 2 N–H and O–H groups in total. The maximum atomic E-state index is 3.56. The molecule has 0 saturated carbocycles. The van der Waals surface area contributed by atoms with Gasteiger partial charge in [0.2, 0.25) is 0 Å². The molecular weight excluding hydrogens is 204 g/mol. The summed E-state index contributed by atoms with van der Waals surface area (Å²) >= 11 is 1.77. The second kappa shape index (κ2) is 5.10. The van der Waals surface area contributed by atoms with Crippen molar-refractivity contribution >= 4 is 11.3 Å². The number of rotatable bonds is 4. The third kappa shape index (κ3) is 3.30. The minimum absolute atomic E-state index is 0.453. The Balaban J connectivity index is 1.72. The van der Waals surface area contributed by atoms with Gasteiger partial charge in [-0.2, -0.15) is 11.3 Å². The van der Waals surface area contributed by atoms with Crippen LogP contribution in [0.4, 0.5) is 0 Å². The first kappa shape index (κ1) is 11.1. The molecule has 1 aliphatic rings. The molecule has 0 amide bonds. The van der Waals surface area contributed by atoms with Gasteiger partial charge in [0.25, 0.3) is 0 Å². The predicted octanol–water partition coefficient (Wildman–Crippen LogP) is 2.23. The Kier molecular flexibility index (Phi) is 3.78. The van der Waals surface area contributed by atoms with E-state index in [0.29, 0.717) is 5.41 Å². The maximum absolute atomic E-state index is 3.56. The molecule has 0 spiro atoms. The van der Waals surface area contributed by atoms with E-state index in [0.717, 1.165) is 19.6 Å². The van der Waals surface area contributed by atoms with Crippen LogP contribution in [0.3, 0.4) is 0 Å². The molecule has 0 aliphatic carbocycles. The Bertz CT molecular complexity index is 276. The van der Waals surface area contributed by atoms with Crippen molar-refractivity contribution in [3.05, 3.63) is 22.4 Å². The van der Waals surface area contributed by atoms with Crippen molar-refractivity contribution in [1.29, 1.82) is 0 Å². The Hall–Kier alpha value is -0.380. The Labute approximate surface area is 96.1 Å². The van der Waals surface area contributed by atoms with Gasteiger partial charge in [0, 0.05) is 19.6 Å². The Morgan fingerprint density at radius 3 is 3.20 bits per heavy atom. The first-order valence-electron chi connectivity index (χ1n) is 5.71. The summed E-state index contributed by atoms with van der Waals surface area (Å²) in [5.41, 5.74) is 1.86. The summed E-state index contributed by atoms with van der Waals surface area (Å²) in [6, 6.07) is 2.19. The van der Waals surface area contributed by atoms with E-state index in [1.165, 1.54) is 24.9 Å². The maximum Gasteiger partial charge on any atom is 0.0213 e. The van der Waals surface area contributed by atoms with Crippen molar-refractivity contribution in [3.63, 3.8) is 0 Å². The largest absolute Gasteiger partial charge is 0.316 e. The molecule has 1 saturated heterocycles. The zero-order chi connectivity index (χ0) is 10.6. The molecule has 3 heteroatoms. The zero-order valence-electron chi connectivity index (χ0n) is 9.38. The van der Waals surface area contributed by atoms with E-state index < -0.39 is 0 Å². The highest BCUT2D eigenvalue weighted by Gasteiger charge is 2.25. The highest BCUT2D eigenvalue weighted by Crippen LogP contribution is 2.24. The van der Waals surface area contributed by atoms with Gasteiger partial charge in [0.15, 0.2) is 0 Å². The fraction of sp³-hybridized carbons (Fsp3) is 0.667. The lowest BCUT2D eigenvalue weighted by Crippen LogP contribution is -2.44. The van der Waals surface area contributed by atoms with Crippen LogP contribution < -0.4 is 10.6 Å². The van der Waals surface area contributed by atoms with Gasteiger partial charge >= 0.3 is 0 Å². The van der Waals surface area contributed by atoms with Crippen LogP contribution in [-0.4, -0.2) is 19.6 Å². The Morgan fingerprint density at radius 2 is 2.53 bits per heavy atom. The molecule has 15 heavy (non-hydrogen) atoms. The van der Waals surface area contributed by atoms with Crippen LogP contribution in [0.5, 0.6) is 0 Å². The number of thiophene rings is 1. The van der Waals surface area contributed by atoms with Crippen molar-refractivity contribution in [2.75, 3.05) is 19.6 Å². The standard InChI is InChI=1S/C12H20N2S/c1-12(4-2-5-13-9-12)10-14-7-11-3-6-15-8-11/h3,6,8,13-14H,2,4-5,7,9-10H2,1H3. The number of hydrogen-bond donors (Lipinski definition) is 2. The van der Waals surface area contributed by atoms with Crippen molar-refractivity contribution in [1.82, 2.24) is 10.6 Å². The summed E-state index contributed by atoms with van der Waals surface area (Å²) in [7, 11) is 0. The van der Waals surface area contributed by atoms with Gasteiger partial charge in [-0.1, -0.05) is 6.92 Å². The third-order valence-corrected chi connectivity index (χ3v) is 3.88. The summed E-state index contributed by atoms with van der Waals surface area (Å²) in [5.74, 6) is 0. The summed E-state index contributed by atoms with van der Waals surface area (Å²) in [6.45, 7) is 6.86. The van der Waals surface area contributed by atoms with E-state index in [1.54, 1.807) is 11.3 Å². The highest BCUT2D eigenvalue weighted by molar-refractivity contribution is 7.07. The van der Waals surface area contributed by atoms with Gasteiger partial charge in [0.05, 0.1) is 0 Å². The fourth-order valence-corrected chi connectivity index (χ4v) is 2.84. The van der Waals surface area contributed by atoms with Gasteiger partial charge in [-0.15, -0.1) is 0 Å². The minimum Gasteiger partial charge on any atom is -0.316 e. The van der Waals surface area contributed by atoms with Crippen LogP contribution in [0, 0.1) is 5.41 Å². The van der Waals surface area contributed by atoms with Crippen molar-refractivity contribution in [2.24, 2.45) is 5.41 Å². The first-order valence-corrected chi connectivity index (χ1v) is 6.65. The highest BCUT2D eigenvalue weighted by atomic mass is 32.1. The summed E-state index contributed by atoms with van der Waals surface area (Å²) in [4.78, 5) is 0. The molecule has 0 aromatic carbocycles. The minimum atomic E-state index is 0.453. The van der Waals surface area contributed by atoms with Crippen LogP contribution >= 0.6 is 11.3 Å². The SMILES string of the molecule is CC1(CNCc2ccsc2)CCCNC1. The van der Waals surface area contributed by atoms with Gasteiger partial charge < -0.3 is 10.6 Å². The lowest BCUT2D eigenvalue weighted by atomic mass is 9.83. The molecule has 1 aliphatic heterocycles. The van der Waals surface area contributed by atoms with Gasteiger partial charge in [-0.3, -0.25) is 0 Å². The monoisotopic (exact) mass is 224 g/mol. The topological polar surface area (TPSA) is 24.1 Å². The second-order valence-electron chi connectivity index (χ2n) is 4.83. The molecule has 1 fully saturated rings. The lowest BCUT2D eigenvalue weighted by molar-refractivity contribution is 0.226. The first-order chi connectivity index (χ1) is 7.29. The molecular formula is C12H20N2S.